The number of benzene rings is 2. The first-order valence-electron chi connectivity index (χ1n) is 8.34. The lowest BCUT2D eigenvalue weighted by Gasteiger charge is -2.13. The summed E-state index contributed by atoms with van der Waals surface area (Å²) >= 11 is 0. The maximum Gasteiger partial charge on any atom is 0.417 e. The molecule has 0 aliphatic carbocycles. The molecule has 0 unspecified atom stereocenters. The first-order chi connectivity index (χ1) is 12.8. The van der Waals surface area contributed by atoms with Crippen molar-refractivity contribution in [3.05, 3.63) is 82.7 Å². The molecule has 1 amide bonds. The molecule has 0 radical (unpaired) electrons. The molecule has 0 spiro atoms. The van der Waals surface area contributed by atoms with Gasteiger partial charge in [0.2, 0.25) is 0 Å². The highest BCUT2D eigenvalue weighted by Crippen LogP contribution is 2.31. The number of aryl methyl sites for hydroxylation is 1. The number of hydrogen-bond donors (Lipinski definition) is 1. The minimum Gasteiger partial charge on any atom is -0.348 e. The number of carbonyl (C=O) groups excluding carboxylic acids is 1. The minimum absolute atomic E-state index is 0.0928. The molecule has 4 nitrogen and oxygen atoms in total. The molecular formula is C20H18F3N3O. The van der Waals surface area contributed by atoms with Gasteiger partial charge in [-0.3, -0.25) is 4.79 Å². The van der Waals surface area contributed by atoms with Gasteiger partial charge in [0.25, 0.3) is 5.91 Å². The average molecular weight is 373 g/mol. The molecule has 2 aromatic carbocycles. The maximum absolute atomic E-state index is 13.1. The van der Waals surface area contributed by atoms with Crippen LogP contribution in [0.5, 0.6) is 0 Å². The fraction of sp³-hybridized carbons (Fsp3) is 0.200. The lowest BCUT2D eigenvalue weighted by atomic mass is 10.1. The van der Waals surface area contributed by atoms with Gasteiger partial charge in [0.15, 0.2) is 0 Å². The van der Waals surface area contributed by atoms with Crippen LogP contribution in [-0.4, -0.2) is 15.7 Å². The Bertz CT molecular complexity index is 962. The molecule has 0 saturated carbocycles. The second kappa shape index (κ2) is 7.26. The van der Waals surface area contributed by atoms with Crippen molar-refractivity contribution >= 4 is 5.91 Å². The predicted octanol–water partition coefficient (Wildman–Crippen LogP) is 4.44. The molecular weight excluding hydrogens is 355 g/mol. The van der Waals surface area contributed by atoms with Crippen molar-refractivity contribution < 1.29 is 18.0 Å². The molecule has 3 aromatic rings. The fourth-order valence-electron chi connectivity index (χ4n) is 2.94. The van der Waals surface area contributed by atoms with Crippen molar-refractivity contribution in [2.75, 3.05) is 0 Å². The van der Waals surface area contributed by atoms with Crippen molar-refractivity contribution in [1.29, 1.82) is 0 Å². The average Bonchev–Trinajstić information content (AvgIpc) is 2.93. The molecule has 3 rings (SSSR count). The summed E-state index contributed by atoms with van der Waals surface area (Å²) in [6, 6.07) is 14.2. The number of nitrogens with one attached hydrogen (secondary N) is 1. The molecule has 0 aliphatic rings. The molecule has 7 heteroatoms. The van der Waals surface area contributed by atoms with E-state index < -0.39 is 23.2 Å². The van der Waals surface area contributed by atoms with Gasteiger partial charge < -0.3 is 5.32 Å². The number of alkyl halides is 3. The smallest absolute Gasteiger partial charge is 0.348 e. The Balaban J connectivity index is 1.83. The first kappa shape index (κ1) is 18.7. The highest BCUT2D eigenvalue weighted by Gasteiger charge is 2.34. The number of para-hydroxylation sites is 1. The topological polar surface area (TPSA) is 46.9 Å². The largest absolute Gasteiger partial charge is 0.417 e. The van der Waals surface area contributed by atoms with Crippen LogP contribution in [0, 0.1) is 13.8 Å². The zero-order chi connectivity index (χ0) is 19.6. The summed E-state index contributed by atoms with van der Waals surface area (Å²) in [5.74, 6) is -0.769. The van der Waals surface area contributed by atoms with Crippen molar-refractivity contribution in [3.8, 4) is 5.69 Å². The Morgan fingerprint density at radius 2 is 1.67 bits per heavy atom. The fourth-order valence-corrected chi connectivity index (χ4v) is 2.94. The number of rotatable bonds is 4. The Kier molecular flexibility index (Phi) is 5.03. The third-order valence-electron chi connectivity index (χ3n) is 4.34. The van der Waals surface area contributed by atoms with Crippen molar-refractivity contribution in [1.82, 2.24) is 15.1 Å². The Morgan fingerprint density at radius 3 is 2.33 bits per heavy atom. The van der Waals surface area contributed by atoms with Crippen LogP contribution < -0.4 is 5.32 Å². The normalized spacial score (nSPS) is 11.4. The van der Waals surface area contributed by atoms with Crippen molar-refractivity contribution in [3.63, 3.8) is 0 Å². The SMILES string of the molecule is Cc1nn(-c2ccccc2)c(C)c1CNC(=O)c1ccccc1C(F)(F)F. The quantitative estimate of drug-likeness (QED) is 0.735. The molecule has 0 fully saturated rings. The summed E-state index contributed by atoms with van der Waals surface area (Å²) in [5.41, 5.74) is 1.84. The number of nitrogens with zero attached hydrogens (tertiary/aromatic N) is 2. The van der Waals surface area contributed by atoms with E-state index >= 15 is 0 Å². The van der Waals surface area contributed by atoms with Crippen molar-refractivity contribution in [2.24, 2.45) is 0 Å². The van der Waals surface area contributed by atoms with E-state index in [2.05, 4.69) is 10.4 Å². The summed E-state index contributed by atoms with van der Waals surface area (Å²) in [5, 5.41) is 7.06. The van der Waals surface area contributed by atoms with Gasteiger partial charge in [-0.25, -0.2) is 4.68 Å². The monoisotopic (exact) mass is 373 g/mol. The summed E-state index contributed by atoms with van der Waals surface area (Å²) < 4.78 is 41.0. The van der Waals surface area contributed by atoms with Crippen molar-refractivity contribution in [2.45, 2.75) is 26.6 Å². The molecule has 27 heavy (non-hydrogen) atoms. The van der Waals surface area contributed by atoms with Crippen LogP contribution in [0.3, 0.4) is 0 Å². The van der Waals surface area contributed by atoms with Crippen LogP contribution in [0.15, 0.2) is 54.6 Å². The maximum atomic E-state index is 13.1. The van der Waals surface area contributed by atoms with Gasteiger partial charge in [-0.15, -0.1) is 0 Å². The minimum atomic E-state index is -4.59. The molecule has 1 aromatic heterocycles. The Morgan fingerprint density at radius 1 is 1.04 bits per heavy atom. The van der Waals surface area contributed by atoms with Crippen LogP contribution in [0.1, 0.15) is 32.9 Å². The van der Waals surface area contributed by atoms with Gasteiger partial charge in [0, 0.05) is 17.8 Å². The number of carbonyl (C=O) groups is 1. The van der Waals surface area contributed by atoms with Gasteiger partial charge in [-0.1, -0.05) is 30.3 Å². The molecule has 0 saturated heterocycles. The van der Waals surface area contributed by atoms with Gasteiger partial charge in [0.05, 0.1) is 22.5 Å². The van der Waals surface area contributed by atoms with Gasteiger partial charge in [-0.2, -0.15) is 18.3 Å². The zero-order valence-electron chi connectivity index (χ0n) is 14.8. The lowest BCUT2D eigenvalue weighted by molar-refractivity contribution is -0.137. The standard InChI is InChI=1S/C20H18F3N3O/c1-13-17(14(2)26(25-13)15-8-4-3-5-9-15)12-24-19(27)16-10-6-7-11-18(16)20(21,22)23/h3-11H,12H2,1-2H3,(H,24,27). The van der Waals surface area contributed by atoms with Crippen LogP contribution >= 0.6 is 0 Å². The predicted molar refractivity (Wildman–Crippen MR) is 95.7 cm³/mol. The van der Waals surface area contributed by atoms with E-state index in [1.807, 2.05) is 37.3 Å². The van der Waals surface area contributed by atoms with Gasteiger partial charge in [-0.05, 0) is 38.1 Å². The van der Waals surface area contributed by atoms with E-state index in [1.54, 1.807) is 11.6 Å². The van der Waals surface area contributed by atoms with Crippen LogP contribution in [0.2, 0.25) is 0 Å². The first-order valence-corrected chi connectivity index (χ1v) is 8.34. The van der Waals surface area contributed by atoms with Crippen LogP contribution in [-0.2, 0) is 12.7 Å². The lowest BCUT2D eigenvalue weighted by Crippen LogP contribution is -2.26. The highest BCUT2D eigenvalue weighted by atomic mass is 19.4. The summed E-state index contributed by atoms with van der Waals surface area (Å²) in [4.78, 5) is 12.3. The van der Waals surface area contributed by atoms with Gasteiger partial charge in [0.1, 0.15) is 0 Å². The molecule has 1 heterocycles. The number of halogens is 3. The van der Waals surface area contributed by atoms with Gasteiger partial charge >= 0.3 is 6.18 Å². The zero-order valence-corrected chi connectivity index (χ0v) is 14.8. The number of aromatic nitrogens is 2. The highest BCUT2D eigenvalue weighted by molar-refractivity contribution is 5.95. The second-order valence-corrected chi connectivity index (χ2v) is 6.12. The van der Waals surface area contributed by atoms with E-state index in [-0.39, 0.29) is 6.54 Å². The Labute approximate surface area is 154 Å². The summed E-state index contributed by atoms with van der Waals surface area (Å²) in [6.07, 6.45) is -4.59. The third-order valence-corrected chi connectivity index (χ3v) is 4.34. The van der Waals surface area contributed by atoms with Crippen LogP contribution in [0.25, 0.3) is 5.69 Å². The second-order valence-electron chi connectivity index (χ2n) is 6.12. The van der Waals surface area contributed by atoms with E-state index in [0.717, 1.165) is 23.0 Å². The summed E-state index contributed by atoms with van der Waals surface area (Å²) in [7, 11) is 0. The molecule has 140 valence electrons. The van der Waals surface area contributed by atoms with E-state index in [0.29, 0.717) is 5.69 Å². The van der Waals surface area contributed by atoms with E-state index in [9.17, 15) is 18.0 Å². The number of amides is 1. The van der Waals surface area contributed by atoms with E-state index in [1.165, 1.54) is 18.2 Å². The summed E-state index contributed by atoms with van der Waals surface area (Å²) in [6.45, 7) is 3.76. The van der Waals surface area contributed by atoms with E-state index in [4.69, 9.17) is 0 Å². The third kappa shape index (κ3) is 3.86. The van der Waals surface area contributed by atoms with Crippen LogP contribution in [0.4, 0.5) is 13.2 Å². The molecule has 1 N–H and O–H groups in total. The number of hydrogen-bond acceptors (Lipinski definition) is 2. The Hall–Kier alpha value is -3.09. The molecule has 0 aliphatic heterocycles. The molecule has 0 bridgehead atoms. The molecule has 0 atom stereocenters.